The molecule has 0 spiro atoms. The number of imide groups is 1. The molecule has 2 atom stereocenters. The van der Waals surface area contributed by atoms with Gasteiger partial charge in [-0.3, -0.25) is 14.5 Å². The number of carboxylic acids is 1. The Morgan fingerprint density at radius 2 is 1.88 bits per heavy atom. The number of nitrogens with zero attached hydrogens (tertiary/aromatic N) is 1. The Labute approximate surface area is 99.1 Å². The minimum atomic E-state index is -1.02. The van der Waals surface area contributed by atoms with Crippen LogP contribution in [0.3, 0.4) is 0 Å². The highest BCUT2D eigenvalue weighted by molar-refractivity contribution is 6.05. The lowest BCUT2D eigenvalue weighted by atomic mass is 10.00. The second kappa shape index (κ2) is 4.31. The first-order valence-corrected chi connectivity index (χ1v) is 5.77. The largest absolute Gasteiger partial charge is 0.478 e. The monoisotopic (exact) mass is 237 g/mol. The summed E-state index contributed by atoms with van der Waals surface area (Å²) in [6, 6.07) is 0. The Kier molecular flexibility index (Phi) is 3.00. The highest BCUT2D eigenvalue weighted by Gasteiger charge is 2.49. The van der Waals surface area contributed by atoms with Gasteiger partial charge in [-0.15, -0.1) is 0 Å². The molecule has 1 saturated heterocycles. The smallest absolute Gasteiger partial charge is 0.331 e. The molecule has 1 heterocycles. The molecule has 92 valence electrons. The lowest BCUT2D eigenvalue weighted by Crippen LogP contribution is -2.32. The Hall–Kier alpha value is -1.65. The fraction of sp³-hybridized carbons (Fsp3) is 0.583. The second-order valence-corrected chi connectivity index (χ2v) is 4.62. The number of carbonyl (C=O) groups is 3. The fourth-order valence-electron chi connectivity index (χ4n) is 2.56. The highest BCUT2D eigenvalue weighted by Crippen LogP contribution is 2.39. The van der Waals surface area contributed by atoms with E-state index >= 15 is 0 Å². The summed E-state index contributed by atoms with van der Waals surface area (Å²) < 4.78 is 0. The van der Waals surface area contributed by atoms with Crippen LogP contribution in [0.4, 0.5) is 0 Å². The topological polar surface area (TPSA) is 74.7 Å². The van der Waals surface area contributed by atoms with Crippen molar-refractivity contribution in [2.45, 2.75) is 26.2 Å². The summed E-state index contributed by atoms with van der Waals surface area (Å²) in [5, 5.41) is 8.69. The quantitative estimate of drug-likeness (QED) is 0.582. The minimum absolute atomic E-state index is 0.0861. The predicted octanol–water partition coefficient (Wildman–Crippen LogP) is 0.802. The van der Waals surface area contributed by atoms with Gasteiger partial charge in [0.05, 0.1) is 11.8 Å². The van der Waals surface area contributed by atoms with Crippen molar-refractivity contribution in [1.29, 1.82) is 0 Å². The van der Waals surface area contributed by atoms with Gasteiger partial charge in [-0.05, 0) is 19.8 Å². The molecular formula is C12H15NO4. The number of hydrogen-bond acceptors (Lipinski definition) is 3. The number of amides is 2. The second-order valence-electron chi connectivity index (χ2n) is 4.62. The zero-order chi connectivity index (χ0) is 12.6. The van der Waals surface area contributed by atoms with Gasteiger partial charge in [0, 0.05) is 12.1 Å². The van der Waals surface area contributed by atoms with Crippen molar-refractivity contribution in [2.75, 3.05) is 6.54 Å². The molecule has 1 aliphatic carbocycles. The van der Waals surface area contributed by atoms with Crippen molar-refractivity contribution < 1.29 is 19.5 Å². The Balaban J connectivity index is 2.08. The van der Waals surface area contributed by atoms with Gasteiger partial charge in [0.25, 0.3) is 0 Å². The molecule has 0 radical (unpaired) electrons. The van der Waals surface area contributed by atoms with Crippen LogP contribution < -0.4 is 0 Å². The van der Waals surface area contributed by atoms with Gasteiger partial charge in [0.15, 0.2) is 0 Å². The fourth-order valence-corrected chi connectivity index (χ4v) is 2.56. The molecule has 0 aromatic rings. The van der Waals surface area contributed by atoms with Gasteiger partial charge in [-0.2, -0.15) is 0 Å². The Bertz CT molecular complexity index is 391. The molecule has 1 aliphatic heterocycles. The van der Waals surface area contributed by atoms with Crippen LogP contribution in [-0.2, 0) is 14.4 Å². The number of likely N-dealkylation sites (tertiary alicyclic amines) is 1. The molecular weight excluding hydrogens is 222 g/mol. The van der Waals surface area contributed by atoms with E-state index in [1.54, 1.807) is 0 Å². The number of hydrogen-bond donors (Lipinski definition) is 1. The predicted molar refractivity (Wildman–Crippen MR) is 58.9 cm³/mol. The van der Waals surface area contributed by atoms with Crippen LogP contribution in [0.1, 0.15) is 26.2 Å². The lowest BCUT2D eigenvalue weighted by Gasteiger charge is -2.13. The number of fused-ring (bicyclic) bond motifs is 1. The van der Waals surface area contributed by atoms with Gasteiger partial charge in [0.2, 0.25) is 11.8 Å². The van der Waals surface area contributed by atoms with Gasteiger partial charge >= 0.3 is 5.97 Å². The van der Waals surface area contributed by atoms with E-state index in [9.17, 15) is 14.4 Å². The third kappa shape index (κ3) is 1.97. The van der Waals surface area contributed by atoms with Crippen LogP contribution in [0.2, 0.25) is 0 Å². The molecule has 2 amide bonds. The Morgan fingerprint density at radius 3 is 2.35 bits per heavy atom. The molecule has 2 rings (SSSR count). The van der Waals surface area contributed by atoms with Crippen molar-refractivity contribution in [3.05, 3.63) is 11.6 Å². The zero-order valence-corrected chi connectivity index (χ0v) is 9.68. The first-order chi connectivity index (χ1) is 8.02. The average molecular weight is 237 g/mol. The molecule has 1 saturated carbocycles. The van der Waals surface area contributed by atoms with Crippen molar-refractivity contribution >= 4 is 17.8 Å². The third-order valence-corrected chi connectivity index (χ3v) is 3.60. The zero-order valence-electron chi connectivity index (χ0n) is 9.68. The van der Waals surface area contributed by atoms with Crippen molar-refractivity contribution in [1.82, 2.24) is 4.90 Å². The van der Waals surface area contributed by atoms with Gasteiger partial charge in [0.1, 0.15) is 0 Å². The van der Waals surface area contributed by atoms with Gasteiger partial charge in [-0.1, -0.05) is 12.5 Å². The standard InChI is InChI=1S/C12H15NO4/c1-7(12(16)17)5-6-13-10(14)8-3-2-4-9(8)11(13)15/h5,8-9H,2-4,6H2,1H3,(H,16,17). The van der Waals surface area contributed by atoms with E-state index in [2.05, 4.69) is 0 Å². The van der Waals surface area contributed by atoms with Crippen molar-refractivity contribution in [3.8, 4) is 0 Å². The first-order valence-electron chi connectivity index (χ1n) is 5.77. The van der Waals surface area contributed by atoms with Crippen LogP contribution in [0.5, 0.6) is 0 Å². The SMILES string of the molecule is CC(=CCN1C(=O)C2CCCC2C1=O)C(=O)O. The summed E-state index contributed by atoms with van der Waals surface area (Å²) in [5.41, 5.74) is 0.155. The van der Waals surface area contributed by atoms with Gasteiger partial charge < -0.3 is 5.11 Å². The maximum Gasteiger partial charge on any atom is 0.331 e. The van der Waals surface area contributed by atoms with E-state index in [1.165, 1.54) is 17.9 Å². The molecule has 5 nitrogen and oxygen atoms in total. The molecule has 2 unspecified atom stereocenters. The van der Waals surface area contributed by atoms with Crippen LogP contribution >= 0.6 is 0 Å². The number of rotatable bonds is 3. The summed E-state index contributed by atoms with van der Waals surface area (Å²) in [4.78, 5) is 35.6. The molecule has 5 heteroatoms. The summed E-state index contributed by atoms with van der Waals surface area (Å²) in [7, 11) is 0. The molecule has 0 aromatic carbocycles. The van der Waals surface area contributed by atoms with E-state index in [1.807, 2.05) is 0 Å². The number of aliphatic carboxylic acids is 1. The van der Waals surface area contributed by atoms with E-state index in [-0.39, 0.29) is 35.8 Å². The molecule has 2 aliphatic rings. The average Bonchev–Trinajstić information content (AvgIpc) is 2.83. The summed E-state index contributed by atoms with van der Waals surface area (Å²) in [6.07, 6.45) is 3.92. The molecule has 1 N–H and O–H groups in total. The summed E-state index contributed by atoms with van der Waals surface area (Å²) in [6.45, 7) is 1.54. The van der Waals surface area contributed by atoms with Crippen molar-refractivity contribution in [2.24, 2.45) is 11.8 Å². The van der Waals surface area contributed by atoms with E-state index in [4.69, 9.17) is 5.11 Å². The highest BCUT2D eigenvalue weighted by atomic mass is 16.4. The maximum atomic E-state index is 11.9. The van der Waals surface area contributed by atoms with Crippen LogP contribution in [-0.4, -0.2) is 34.3 Å². The van der Waals surface area contributed by atoms with Crippen LogP contribution in [0, 0.1) is 11.8 Å². The molecule has 0 bridgehead atoms. The van der Waals surface area contributed by atoms with E-state index < -0.39 is 5.97 Å². The van der Waals surface area contributed by atoms with Crippen molar-refractivity contribution in [3.63, 3.8) is 0 Å². The lowest BCUT2D eigenvalue weighted by molar-refractivity contribution is -0.140. The van der Waals surface area contributed by atoms with E-state index in [0.29, 0.717) is 0 Å². The van der Waals surface area contributed by atoms with E-state index in [0.717, 1.165) is 19.3 Å². The normalized spacial score (nSPS) is 28.8. The Morgan fingerprint density at radius 1 is 1.35 bits per heavy atom. The summed E-state index contributed by atoms with van der Waals surface area (Å²) >= 11 is 0. The number of carboxylic acid groups (broad SMARTS) is 1. The first kappa shape index (κ1) is 11.8. The maximum absolute atomic E-state index is 11.9. The number of carbonyl (C=O) groups excluding carboxylic acids is 2. The van der Waals surface area contributed by atoms with Crippen LogP contribution in [0.25, 0.3) is 0 Å². The molecule has 17 heavy (non-hydrogen) atoms. The van der Waals surface area contributed by atoms with Crippen LogP contribution in [0.15, 0.2) is 11.6 Å². The molecule has 2 fully saturated rings. The minimum Gasteiger partial charge on any atom is -0.478 e. The third-order valence-electron chi connectivity index (χ3n) is 3.60. The summed E-state index contributed by atoms with van der Waals surface area (Å²) in [5.74, 6) is -1.59. The van der Waals surface area contributed by atoms with Gasteiger partial charge in [-0.25, -0.2) is 4.79 Å². The molecule has 0 aromatic heterocycles.